The molecule has 0 bridgehead atoms. The SMILES string of the molecule is C=C[C@@H]1C=Cc2c3c(c4cc(-c5cccc(-c6nc7ccc(-c8nc(-c9ccccc9)nc(-c9ccccc9)n8)cc7o6)c5)ccc4c2C1)CCC=C3. The number of hydrogen-bond acceptors (Lipinski definition) is 5. The Balaban J connectivity index is 1.02. The number of aromatic nitrogens is 4. The third-order valence-corrected chi connectivity index (χ3v) is 10.5. The van der Waals surface area contributed by atoms with Crippen LogP contribution >= 0.6 is 0 Å². The van der Waals surface area contributed by atoms with Crippen molar-refractivity contribution in [2.45, 2.75) is 19.3 Å². The fourth-order valence-corrected chi connectivity index (χ4v) is 7.79. The molecule has 0 saturated heterocycles. The molecule has 0 radical (unpaired) electrons. The van der Waals surface area contributed by atoms with E-state index in [0.717, 1.165) is 52.6 Å². The molecule has 0 N–H and O–H groups in total. The largest absolute Gasteiger partial charge is 0.436 e. The van der Waals surface area contributed by atoms with Gasteiger partial charge >= 0.3 is 0 Å². The highest BCUT2D eigenvalue weighted by Crippen LogP contribution is 2.41. The molecule has 6 aromatic carbocycles. The molecule has 0 saturated carbocycles. The number of hydrogen-bond donors (Lipinski definition) is 0. The van der Waals surface area contributed by atoms with E-state index in [-0.39, 0.29) is 0 Å². The molecule has 53 heavy (non-hydrogen) atoms. The molecule has 0 spiro atoms. The first-order chi connectivity index (χ1) is 26.2. The van der Waals surface area contributed by atoms with E-state index >= 15 is 0 Å². The van der Waals surface area contributed by atoms with Crippen molar-refractivity contribution in [1.29, 1.82) is 0 Å². The fourth-order valence-electron chi connectivity index (χ4n) is 7.79. The van der Waals surface area contributed by atoms with E-state index in [1.165, 1.54) is 38.6 Å². The molecule has 5 nitrogen and oxygen atoms in total. The highest BCUT2D eigenvalue weighted by Gasteiger charge is 2.22. The molecule has 1 atom stereocenters. The summed E-state index contributed by atoms with van der Waals surface area (Å²) >= 11 is 0. The Labute approximate surface area is 307 Å². The van der Waals surface area contributed by atoms with Gasteiger partial charge in [-0.15, -0.1) is 6.58 Å². The van der Waals surface area contributed by atoms with Gasteiger partial charge < -0.3 is 4.42 Å². The average Bonchev–Trinajstić information content (AvgIpc) is 3.68. The number of fused-ring (bicyclic) bond motifs is 7. The smallest absolute Gasteiger partial charge is 0.227 e. The summed E-state index contributed by atoms with van der Waals surface area (Å²) < 4.78 is 6.46. The lowest BCUT2D eigenvalue weighted by Crippen LogP contribution is -2.10. The third kappa shape index (κ3) is 5.58. The van der Waals surface area contributed by atoms with Gasteiger partial charge in [-0.25, -0.2) is 19.9 Å². The molecular weight excluding hydrogens is 649 g/mol. The first-order valence-electron chi connectivity index (χ1n) is 18.2. The van der Waals surface area contributed by atoms with E-state index in [2.05, 4.69) is 79.4 Å². The maximum atomic E-state index is 6.46. The normalized spacial score (nSPS) is 14.7. The van der Waals surface area contributed by atoms with Crippen molar-refractivity contribution in [2.24, 2.45) is 5.92 Å². The topological polar surface area (TPSA) is 64.7 Å². The van der Waals surface area contributed by atoms with E-state index < -0.39 is 0 Å². The van der Waals surface area contributed by atoms with Crippen molar-refractivity contribution >= 4 is 34.0 Å². The van der Waals surface area contributed by atoms with E-state index in [1.54, 1.807) is 0 Å². The van der Waals surface area contributed by atoms with Crippen LogP contribution in [0.3, 0.4) is 0 Å². The summed E-state index contributed by atoms with van der Waals surface area (Å²) in [4.78, 5) is 19.5. The van der Waals surface area contributed by atoms with E-state index in [1.807, 2.05) is 78.9 Å². The van der Waals surface area contributed by atoms with Gasteiger partial charge in [0.2, 0.25) is 5.89 Å². The van der Waals surface area contributed by atoms with Gasteiger partial charge in [0.15, 0.2) is 23.1 Å². The molecule has 10 rings (SSSR count). The second kappa shape index (κ2) is 12.8. The molecule has 2 heterocycles. The monoisotopic (exact) mass is 682 g/mol. The molecule has 8 aromatic rings. The van der Waals surface area contributed by atoms with Crippen molar-refractivity contribution < 1.29 is 4.42 Å². The number of rotatable bonds is 6. The van der Waals surface area contributed by atoms with Crippen LogP contribution in [0.25, 0.3) is 90.8 Å². The maximum Gasteiger partial charge on any atom is 0.227 e. The molecule has 252 valence electrons. The first kappa shape index (κ1) is 31.1. The van der Waals surface area contributed by atoms with Crippen LogP contribution in [0, 0.1) is 5.92 Å². The Kier molecular flexibility index (Phi) is 7.50. The van der Waals surface area contributed by atoms with Gasteiger partial charge in [0.1, 0.15) is 5.52 Å². The van der Waals surface area contributed by atoms with Gasteiger partial charge in [0, 0.05) is 22.3 Å². The molecule has 0 amide bonds. The highest BCUT2D eigenvalue weighted by atomic mass is 16.3. The summed E-state index contributed by atoms with van der Waals surface area (Å²) in [7, 11) is 0. The summed E-state index contributed by atoms with van der Waals surface area (Å²) in [5, 5.41) is 2.70. The molecule has 5 heteroatoms. The summed E-state index contributed by atoms with van der Waals surface area (Å²) in [5.74, 6) is 2.74. The van der Waals surface area contributed by atoms with E-state index in [0.29, 0.717) is 34.9 Å². The number of benzene rings is 6. The zero-order valence-corrected chi connectivity index (χ0v) is 29.0. The quantitative estimate of drug-likeness (QED) is 0.163. The van der Waals surface area contributed by atoms with E-state index in [9.17, 15) is 0 Å². The lowest BCUT2D eigenvalue weighted by Gasteiger charge is -2.25. The van der Waals surface area contributed by atoms with Crippen LogP contribution in [0.1, 0.15) is 28.7 Å². The van der Waals surface area contributed by atoms with Crippen LogP contribution in [0.2, 0.25) is 0 Å². The first-order valence-corrected chi connectivity index (χ1v) is 18.2. The summed E-state index contributed by atoms with van der Waals surface area (Å²) in [6.07, 6.45) is 14.4. The molecule has 2 aliphatic carbocycles. The molecule has 0 unspecified atom stereocenters. The van der Waals surface area contributed by atoms with Gasteiger partial charge in [0.25, 0.3) is 0 Å². The highest BCUT2D eigenvalue weighted by molar-refractivity contribution is 5.99. The second-order valence-electron chi connectivity index (χ2n) is 13.8. The summed E-state index contributed by atoms with van der Waals surface area (Å²) in [5.41, 5.74) is 13.0. The maximum absolute atomic E-state index is 6.46. The Morgan fingerprint density at radius 1 is 0.566 bits per heavy atom. The third-order valence-electron chi connectivity index (χ3n) is 10.5. The van der Waals surface area contributed by atoms with Crippen LogP contribution in [-0.2, 0) is 12.8 Å². The number of allylic oxidation sites excluding steroid dienone is 3. The molecule has 2 aromatic heterocycles. The van der Waals surface area contributed by atoms with Crippen LogP contribution in [0.4, 0.5) is 0 Å². The number of aryl methyl sites for hydroxylation is 1. The predicted octanol–water partition coefficient (Wildman–Crippen LogP) is 11.8. The van der Waals surface area contributed by atoms with Crippen LogP contribution in [0.15, 0.2) is 151 Å². The van der Waals surface area contributed by atoms with Gasteiger partial charge in [-0.3, -0.25) is 0 Å². The fraction of sp³-hybridized carbons (Fsp3) is 0.0833. The van der Waals surface area contributed by atoms with Crippen molar-refractivity contribution in [1.82, 2.24) is 19.9 Å². The van der Waals surface area contributed by atoms with Crippen molar-refractivity contribution in [3.8, 4) is 56.7 Å². The van der Waals surface area contributed by atoms with Crippen LogP contribution in [0.5, 0.6) is 0 Å². The minimum absolute atomic E-state index is 0.357. The molecule has 2 aliphatic rings. The minimum atomic E-state index is 0.357. The lowest BCUT2D eigenvalue weighted by molar-refractivity contribution is 0.620. The minimum Gasteiger partial charge on any atom is -0.436 e. The Morgan fingerprint density at radius 2 is 1.23 bits per heavy atom. The lowest BCUT2D eigenvalue weighted by atomic mass is 9.78. The molecule has 0 aliphatic heterocycles. The van der Waals surface area contributed by atoms with Crippen molar-refractivity contribution in [2.75, 3.05) is 0 Å². The van der Waals surface area contributed by atoms with E-state index in [4.69, 9.17) is 24.4 Å². The summed E-state index contributed by atoms with van der Waals surface area (Å²) in [6.45, 7) is 4.08. The van der Waals surface area contributed by atoms with Crippen molar-refractivity contribution in [3.05, 3.63) is 168 Å². The van der Waals surface area contributed by atoms with Gasteiger partial charge in [-0.1, -0.05) is 115 Å². The van der Waals surface area contributed by atoms with Gasteiger partial charge in [0.05, 0.1) is 0 Å². The van der Waals surface area contributed by atoms with Gasteiger partial charge in [-0.2, -0.15) is 0 Å². The second-order valence-corrected chi connectivity index (χ2v) is 13.8. The summed E-state index contributed by atoms with van der Waals surface area (Å²) in [6, 6.07) is 41.4. The Morgan fingerprint density at radius 3 is 1.98 bits per heavy atom. The zero-order chi connectivity index (χ0) is 35.3. The standard InChI is InChI=1S/C48H34N4O/c1-2-30-20-23-39-37-18-9-10-19-38(37)42-28-34(21-24-40(42)41(39)26-30)33-16-11-17-36(27-33)48-49-43-25-22-35(29-44(43)53-48)47-51-45(31-12-5-3-6-13-31)50-46(52-47)32-14-7-4-8-15-32/h2-9,11-18,20-25,27-30H,1,10,19,26H2/t30-/m1/s1. The van der Waals surface area contributed by atoms with Gasteiger partial charge in [-0.05, 0) is 106 Å². The van der Waals surface area contributed by atoms with Crippen LogP contribution in [-0.4, -0.2) is 19.9 Å². The Hall–Kier alpha value is -6.72. The number of nitrogens with zero attached hydrogens (tertiary/aromatic N) is 4. The average molecular weight is 683 g/mol. The Bertz CT molecular complexity index is 2720. The molecular formula is C48H34N4O. The predicted molar refractivity (Wildman–Crippen MR) is 216 cm³/mol. The molecule has 0 fully saturated rings. The number of oxazole rings is 1. The zero-order valence-electron chi connectivity index (χ0n) is 29.0. The van der Waals surface area contributed by atoms with Crippen LogP contribution < -0.4 is 0 Å². The van der Waals surface area contributed by atoms with Crippen molar-refractivity contribution in [3.63, 3.8) is 0 Å².